The molecule has 0 unspecified atom stereocenters. The largest absolute Gasteiger partial charge is 0.492 e. The van der Waals surface area contributed by atoms with Crippen LogP contribution in [0.15, 0.2) is 66.9 Å². The Kier molecular flexibility index (Phi) is 6.05. The minimum Gasteiger partial charge on any atom is -0.492 e. The molecule has 1 heterocycles. The number of nitrogens with one attached hydrogen (secondary N) is 2. The Hall–Kier alpha value is -3.34. The number of carbonyl (C=O) groups is 1. The van der Waals surface area contributed by atoms with Crippen molar-refractivity contribution < 1.29 is 9.53 Å². The zero-order chi connectivity index (χ0) is 19.1. The Balaban J connectivity index is 1.62. The van der Waals surface area contributed by atoms with Gasteiger partial charge in [0.05, 0.1) is 17.9 Å². The van der Waals surface area contributed by atoms with E-state index < -0.39 is 0 Å². The molecule has 3 aromatic rings. The monoisotopic (exact) mass is 361 g/mol. The molecule has 1 amide bonds. The van der Waals surface area contributed by atoms with Crippen molar-refractivity contribution >= 4 is 17.4 Å². The Morgan fingerprint density at radius 1 is 1.07 bits per heavy atom. The van der Waals surface area contributed by atoms with Crippen LogP contribution in [0.1, 0.15) is 28.4 Å². The van der Waals surface area contributed by atoms with E-state index in [1.165, 1.54) is 5.56 Å². The van der Waals surface area contributed by atoms with Gasteiger partial charge in [-0.1, -0.05) is 42.0 Å². The number of hydrogen-bond acceptors (Lipinski definition) is 4. The molecule has 0 atom stereocenters. The molecule has 0 aliphatic carbocycles. The van der Waals surface area contributed by atoms with Gasteiger partial charge in [-0.15, -0.1) is 0 Å². The van der Waals surface area contributed by atoms with Gasteiger partial charge >= 0.3 is 0 Å². The summed E-state index contributed by atoms with van der Waals surface area (Å²) in [6.07, 6.45) is 1.57. The molecule has 0 radical (unpaired) electrons. The second kappa shape index (κ2) is 8.85. The SMILES string of the molecule is CCOc1ccccc1Nc1ccc(C(=O)NCc2cccc(C)c2)cn1. The first kappa shape index (κ1) is 18.5. The molecule has 0 aliphatic heterocycles. The molecule has 0 bridgehead atoms. The lowest BCUT2D eigenvalue weighted by atomic mass is 10.1. The Bertz CT molecular complexity index is 907. The van der Waals surface area contributed by atoms with Crippen molar-refractivity contribution in [3.8, 4) is 5.75 Å². The van der Waals surface area contributed by atoms with Gasteiger partial charge in [0.1, 0.15) is 11.6 Å². The van der Waals surface area contributed by atoms with E-state index in [9.17, 15) is 4.79 Å². The molecule has 0 saturated heterocycles. The van der Waals surface area contributed by atoms with Crippen LogP contribution in [0.3, 0.4) is 0 Å². The minimum absolute atomic E-state index is 0.148. The molecule has 0 saturated carbocycles. The molecule has 1 aromatic heterocycles. The highest BCUT2D eigenvalue weighted by Gasteiger charge is 2.08. The maximum absolute atomic E-state index is 12.3. The second-order valence-electron chi connectivity index (χ2n) is 6.16. The minimum atomic E-state index is -0.148. The number of aromatic nitrogens is 1. The van der Waals surface area contributed by atoms with Crippen molar-refractivity contribution in [2.75, 3.05) is 11.9 Å². The summed E-state index contributed by atoms with van der Waals surface area (Å²) in [6.45, 7) is 5.05. The normalized spacial score (nSPS) is 10.3. The van der Waals surface area contributed by atoms with E-state index in [0.717, 1.165) is 17.0 Å². The summed E-state index contributed by atoms with van der Waals surface area (Å²) in [4.78, 5) is 16.7. The Labute approximate surface area is 159 Å². The Morgan fingerprint density at radius 3 is 2.67 bits per heavy atom. The molecule has 0 fully saturated rings. The number of para-hydroxylation sites is 2. The van der Waals surface area contributed by atoms with Crippen LogP contribution in [0.25, 0.3) is 0 Å². The topological polar surface area (TPSA) is 63.2 Å². The van der Waals surface area contributed by atoms with Gasteiger partial charge in [-0.05, 0) is 43.7 Å². The summed E-state index contributed by atoms with van der Waals surface area (Å²) < 4.78 is 5.60. The molecule has 5 nitrogen and oxygen atoms in total. The quantitative estimate of drug-likeness (QED) is 0.652. The lowest BCUT2D eigenvalue weighted by Crippen LogP contribution is -2.22. The molecule has 3 rings (SSSR count). The average molecular weight is 361 g/mol. The van der Waals surface area contributed by atoms with E-state index in [-0.39, 0.29) is 5.91 Å². The molecular formula is C22H23N3O2. The van der Waals surface area contributed by atoms with Crippen molar-refractivity contribution in [1.82, 2.24) is 10.3 Å². The summed E-state index contributed by atoms with van der Waals surface area (Å²) in [6, 6.07) is 19.3. The number of carbonyl (C=O) groups excluding carboxylic acids is 1. The molecule has 0 aliphatic rings. The van der Waals surface area contributed by atoms with Crippen LogP contribution in [0.4, 0.5) is 11.5 Å². The lowest BCUT2D eigenvalue weighted by Gasteiger charge is -2.12. The maximum atomic E-state index is 12.3. The third-order valence-corrected chi connectivity index (χ3v) is 4.01. The first-order valence-electron chi connectivity index (χ1n) is 8.94. The van der Waals surface area contributed by atoms with Gasteiger partial charge in [0.2, 0.25) is 0 Å². The van der Waals surface area contributed by atoms with Crippen LogP contribution in [-0.2, 0) is 6.54 Å². The standard InChI is InChI=1S/C22H23N3O2/c1-3-27-20-10-5-4-9-19(20)25-21-12-11-18(15-23-21)22(26)24-14-17-8-6-7-16(2)13-17/h4-13,15H,3,14H2,1-2H3,(H,23,25)(H,24,26). The molecule has 5 heteroatoms. The van der Waals surface area contributed by atoms with Crippen LogP contribution in [0.2, 0.25) is 0 Å². The van der Waals surface area contributed by atoms with Crippen molar-refractivity contribution in [3.05, 3.63) is 83.6 Å². The predicted molar refractivity (Wildman–Crippen MR) is 107 cm³/mol. The van der Waals surface area contributed by atoms with Gasteiger partial charge in [0.25, 0.3) is 5.91 Å². The summed E-state index contributed by atoms with van der Waals surface area (Å²) in [7, 11) is 0. The zero-order valence-electron chi connectivity index (χ0n) is 15.5. The first-order valence-corrected chi connectivity index (χ1v) is 8.94. The van der Waals surface area contributed by atoms with E-state index >= 15 is 0 Å². The first-order chi connectivity index (χ1) is 13.2. The Morgan fingerprint density at radius 2 is 1.93 bits per heavy atom. The molecule has 2 aromatic carbocycles. The molecular weight excluding hydrogens is 338 g/mol. The fraction of sp³-hybridized carbons (Fsp3) is 0.182. The maximum Gasteiger partial charge on any atom is 0.253 e. The highest BCUT2D eigenvalue weighted by molar-refractivity contribution is 5.94. The third-order valence-electron chi connectivity index (χ3n) is 4.01. The number of aryl methyl sites for hydroxylation is 1. The fourth-order valence-corrected chi connectivity index (χ4v) is 2.70. The predicted octanol–water partition coefficient (Wildman–Crippen LogP) is 4.46. The van der Waals surface area contributed by atoms with Crippen molar-refractivity contribution in [3.63, 3.8) is 0 Å². The van der Waals surface area contributed by atoms with Gasteiger partial charge in [-0.2, -0.15) is 0 Å². The van der Waals surface area contributed by atoms with E-state index in [1.807, 2.05) is 56.3 Å². The number of ether oxygens (including phenoxy) is 1. The van der Waals surface area contributed by atoms with Crippen molar-refractivity contribution in [1.29, 1.82) is 0 Å². The lowest BCUT2D eigenvalue weighted by molar-refractivity contribution is 0.0950. The van der Waals surface area contributed by atoms with Crippen LogP contribution in [-0.4, -0.2) is 17.5 Å². The van der Waals surface area contributed by atoms with Gasteiger partial charge in [-0.3, -0.25) is 4.79 Å². The van der Waals surface area contributed by atoms with Crippen LogP contribution < -0.4 is 15.4 Å². The average Bonchev–Trinajstić information content (AvgIpc) is 2.68. The van der Waals surface area contributed by atoms with Gasteiger partial charge in [0.15, 0.2) is 0 Å². The highest BCUT2D eigenvalue weighted by Crippen LogP contribution is 2.26. The van der Waals surface area contributed by atoms with Crippen LogP contribution in [0.5, 0.6) is 5.75 Å². The van der Waals surface area contributed by atoms with Crippen molar-refractivity contribution in [2.24, 2.45) is 0 Å². The number of anilines is 2. The van der Waals surface area contributed by atoms with E-state index in [4.69, 9.17) is 4.74 Å². The van der Waals surface area contributed by atoms with E-state index in [0.29, 0.717) is 24.5 Å². The number of rotatable bonds is 7. The summed E-state index contributed by atoms with van der Waals surface area (Å²) >= 11 is 0. The smallest absolute Gasteiger partial charge is 0.253 e. The molecule has 2 N–H and O–H groups in total. The number of nitrogens with zero attached hydrogens (tertiary/aromatic N) is 1. The van der Waals surface area contributed by atoms with E-state index in [1.54, 1.807) is 18.3 Å². The number of pyridine rings is 1. The molecule has 27 heavy (non-hydrogen) atoms. The zero-order valence-corrected chi connectivity index (χ0v) is 15.5. The van der Waals surface area contributed by atoms with E-state index in [2.05, 4.69) is 21.7 Å². The number of hydrogen-bond donors (Lipinski definition) is 2. The highest BCUT2D eigenvalue weighted by atomic mass is 16.5. The summed E-state index contributed by atoms with van der Waals surface area (Å²) in [5, 5.41) is 6.14. The number of amides is 1. The molecule has 0 spiro atoms. The summed E-state index contributed by atoms with van der Waals surface area (Å²) in [5.74, 6) is 1.27. The van der Waals surface area contributed by atoms with Gasteiger partial charge < -0.3 is 15.4 Å². The molecule has 138 valence electrons. The van der Waals surface area contributed by atoms with Crippen molar-refractivity contribution in [2.45, 2.75) is 20.4 Å². The number of benzene rings is 2. The fourth-order valence-electron chi connectivity index (χ4n) is 2.70. The van der Waals surface area contributed by atoms with Gasteiger partial charge in [-0.25, -0.2) is 4.98 Å². The van der Waals surface area contributed by atoms with Crippen LogP contribution >= 0.6 is 0 Å². The third kappa shape index (κ3) is 5.07. The van der Waals surface area contributed by atoms with Crippen LogP contribution in [0, 0.1) is 6.92 Å². The van der Waals surface area contributed by atoms with Gasteiger partial charge in [0, 0.05) is 12.7 Å². The summed E-state index contributed by atoms with van der Waals surface area (Å²) in [5.41, 5.74) is 3.60. The second-order valence-corrected chi connectivity index (χ2v) is 6.16.